The minimum Gasteiger partial charge on any atom is -0.493 e. The van der Waals surface area contributed by atoms with Crippen molar-refractivity contribution >= 4 is 5.78 Å². The van der Waals surface area contributed by atoms with Crippen LogP contribution >= 0.6 is 0 Å². The van der Waals surface area contributed by atoms with Crippen LogP contribution in [0.25, 0.3) is 0 Å². The normalized spacial score (nSPS) is 10.4. The standard InChI is InChI=1S/C19H30O4/c1-5-9-16(20)19-17(22-11-7-3)13-15(21-10-6-2)14-18(19)23-12-8-4/h13-14H,5-12H2,1-4H3. The third-order valence-electron chi connectivity index (χ3n) is 3.19. The van der Waals surface area contributed by atoms with Crippen LogP contribution in [0.3, 0.4) is 0 Å². The summed E-state index contributed by atoms with van der Waals surface area (Å²) < 4.78 is 17.3. The first-order chi connectivity index (χ1) is 11.2. The molecule has 0 spiro atoms. The number of ketones is 1. The second kappa shape index (κ2) is 10.9. The van der Waals surface area contributed by atoms with Gasteiger partial charge in [-0.3, -0.25) is 4.79 Å². The maximum absolute atomic E-state index is 12.5. The van der Waals surface area contributed by atoms with Crippen molar-refractivity contribution in [2.24, 2.45) is 0 Å². The van der Waals surface area contributed by atoms with Gasteiger partial charge in [-0.1, -0.05) is 27.7 Å². The fraction of sp³-hybridized carbons (Fsp3) is 0.632. The van der Waals surface area contributed by atoms with Crippen molar-refractivity contribution < 1.29 is 19.0 Å². The molecule has 0 unspecified atom stereocenters. The molecule has 0 radical (unpaired) electrons. The van der Waals surface area contributed by atoms with Crippen molar-refractivity contribution in [3.63, 3.8) is 0 Å². The van der Waals surface area contributed by atoms with Crippen LogP contribution in [0, 0.1) is 0 Å². The summed E-state index contributed by atoms with van der Waals surface area (Å²) in [6.45, 7) is 9.90. The summed E-state index contributed by atoms with van der Waals surface area (Å²) in [7, 11) is 0. The molecule has 130 valence electrons. The number of Topliss-reactive ketones (excluding diaryl/α,β-unsaturated/α-hetero) is 1. The molecule has 0 bridgehead atoms. The van der Waals surface area contributed by atoms with E-state index >= 15 is 0 Å². The molecule has 0 heterocycles. The summed E-state index contributed by atoms with van der Waals surface area (Å²) in [5, 5.41) is 0. The molecule has 1 aromatic carbocycles. The van der Waals surface area contributed by atoms with Gasteiger partial charge in [-0.15, -0.1) is 0 Å². The van der Waals surface area contributed by atoms with Crippen molar-refractivity contribution in [2.75, 3.05) is 19.8 Å². The van der Waals surface area contributed by atoms with Crippen LogP contribution in [0.5, 0.6) is 17.2 Å². The van der Waals surface area contributed by atoms with Gasteiger partial charge in [0.25, 0.3) is 0 Å². The van der Waals surface area contributed by atoms with E-state index in [2.05, 4.69) is 6.92 Å². The fourth-order valence-electron chi connectivity index (χ4n) is 2.15. The average molecular weight is 322 g/mol. The van der Waals surface area contributed by atoms with Crippen molar-refractivity contribution in [3.8, 4) is 17.2 Å². The lowest BCUT2D eigenvalue weighted by Gasteiger charge is -2.17. The summed E-state index contributed by atoms with van der Waals surface area (Å²) in [6, 6.07) is 3.63. The van der Waals surface area contributed by atoms with Crippen LogP contribution in [-0.4, -0.2) is 25.6 Å². The molecule has 0 aromatic heterocycles. The molecular formula is C19H30O4. The lowest BCUT2D eigenvalue weighted by atomic mass is 10.0. The SMILES string of the molecule is CCCOc1cc(OCCC)c(C(=O)CCC)c(OCCC)c1. The van der Waals surface area contributed by atoms with Crippen molar-refractivity contribution in [3.05, 3.63) is 17.7 Å². The Morgan fingerprint density at radius 1 is 0.783 bits per heavy atom. The second-order valence-corrected chi connectivity index (χ2v) is 5.51. The first kappa shape index (κ1) is 19.3. The van der Waals surface area contributed by atoms with Crippen LogP contribution < -0.4 is 14.2 Å². The third-order valence-corrected chi connectivity index (χ3v) is 3.19. The molecule has 0 aliphatic heterocycles. The van der Waals surface area contributed by atoms with E-state index in [-0.39, 0.29) is 5.78 Å². The molecule has 0 amide bonds. The Kier molecular flexibility index (Phi) is 9.18. The maximum Gasteiger partial charge on any atom is 0.170 e. The third kappa shape index (κ3) is 6.12. The Labute approximate surface area is 140 Å². The van der Waals surface area contributed by atoms with E-state index in [9.17, 15) is 4.79 Å². The van der Waals surface area contributed by atoms with Crippen LogP contribution in [0.15, 0.2) is 12.1 Å². The summed E-state index contributed by atoms with van der Waals surface area (Å²) in [6.07, 6.45) is 3.97. The lowest BCUT2D eigenvalue weighted by Crippen LogP contribution is -2.09. The topological polar surface area (TPSA) is 44.8 Å². The molecule has 0 atom stereocenters. The van der Waals surface area contributed by atoms with E-state index in [4.69, 9.17) is 14.2 Å². The zero-order valence-corrected chi connectivity index (χ0v) is 14.9. The summed E-state index contributed by atoms with van der Waals surface area (Å²) in [5.41, 5.74) is 0.553. The molecule has 0 N–H and O–H groups in total. The van der Waals surface area contributed by atoms with Crippen molar-refractivity contribution in [1.82, 2.24) is 0 Å². The van der Waals surface area contributed by atoms with Gasteiger partial charge in [0.15, 0.2) is 5.78 Å². The summed E-state index contributed by atoms with van der Waals surface area (Å²) in [4.78, 5) is 12.5. The minimum atomic E-state index is 0.0618. The Hall–Kier alpha value is -1.71. The Balaban J connectivity index is 3.23. The minimum absolute atomic E-state index is 0.0618. The molecule has 23 heavy (non-hydrogen) atoms. The van der Waals surface area contributed by atoms with E-state index in [1.54, 1.807) is 0 Å². The largest absolute Gasteiger partial charge is 0.493 e. The van der Waals surface area contributed by atoms with Crippen LogP contribution in [-0.2, 0) is 0 Å². The summed E-state index contributed by atoms with van der Waals surface area (Å²) in [5.74, 6) is 1.90. The van der Waals surface area contributed by atoms with Gasteiger partial charge in [0.2, 0.25) is 0 Å². The number of hydrogen-bond acceptors (Lipinski definition) is 4. The molecule has 1 rings (SSSR count). The Morgan fingerprint density at radius 3 is 1.70 bits per heavy atom. The van der Waals surface area contributed by atoms with E-state index in [1.807, 2.05) is 32.9 Å². The molecule has 1 aromatic rings. The number of carbonyl (C=O) groups excluding carboxylic acids is 1. The first-order valence-corrected chi connectivity index (χ1v) is 8.77. The fourth-order valence-corrected chi connectivity index (χ4v) is 2.15. The van der Waals surface area contributed by atoms with Gasteiger partial charge >= 0.3 is 0 Å². The Bertz CT molecular complexity index is 453. The van der Waals surface area contributed by atoms with Gasteiger partial charge in [0, 0.05) is 18.6 Å². The van der Waals surface area contributed by atoms with Gasteiger partial charge in [0.1, 0.15) is 22.8 Å². The van der Waals surface area contributed by atoms with E-state index < -0.39 is 0 Å². The number of ether oxygens (including phenoxy) is 3. The van der Waals surface area contributed by atoms with Gasteiger partial charge in [-0.25, -0.2) is 0 Å². The average Bonchev–Trinajstić information content (AvgIpc) is 2.55. The van der Waals surface area contributed by atoms with Gasteiger partial charge in [-0.05, 0) is 25.7 Å². The van der Waals surface area contributed by atoms with E-state index in [0.29, 0.717) is 49.1 Å². The number of carbonyl (C=O) groups is 1. The monoisotopic (exact) mass is 322 g/mol. The summed E-state index contributed by atoms with van der Waals surface area (Å²) >= 11 is 0. The zero-order chi connectivity index (χ0) is 17.1. The van der Waals surface area contributed by atoms with Crippen molar-refractivity contribution in [2.45, 2.75) is 59.8 Å². The number of benzene rings is 1. The predicted octanol–water partition coefficient (Wildman–Crippen LogP) is 5.04. The highest BCUT2D eigenvalue weighted by Gasteiger charge is 2.20. The molecule has 4 nitrogen and oxygen atoms in total. The highest BCUT2D eigenvalue weighted by molar-refractivity contribution is 6.01. The molecular weight excluding hydrogens is 292 g/mol. The number of hydrogen-bond donors (Lipinski definition) is 0. The lowest BCUT2D eigenvalue weighted by molar-refractivity contribution is 0.0973. The van der Waals surface area contributed by atoms with Gasteiger partial charge in [0.05, 0.1) is 19.8 Å². The molecule has 4 heteroatoms. The smallest absolute Gasteiger partial charge is 0.170 e. The highest BCUT2D eigenvalue weighted by Crippen LogP contribution is 2.36. The zero-order valence-electron chi connectivity index (χ0n) is 14.9. The van der Waals surface area contributed by atoms with Gasteiger partial charge < -0.3 is 14.2 Å². The molecule has 0 fully saturated rings. The quantitative estimate of drug-likeness (QED) is 0.506. The first-order valence-electron chi connectivity index (χ1n) is 8.77. The molecule has 0 saturated carbocycles. The molecule has 0 saturated heterocycles. The number of rotatable bonds is 12. The van der Waals surface area contributed by atoms with Crippen LogP contribution in [0.1, 0.15) is 70.2 Å². The Morgan fingerprint density at radius 2 is 1.26 bits per heavy atom. The molecule has 0 aliphatic carbocycles. The van der Waals surface area contributed by atoms with Crippen molar-refractivity contribution in [1.29, 1.82) is 0 Å². The highest BCUT2D eigenvalue weighted by atomic mass is 16.5. The maximum atomic E-state index is 12.5. The van der Waals surface area contributed by atoms with Crippen LogP contribution in [0.2, 0.25) is 0 Å². The van der Waals surface area contributed by atoms with E-state index in [1.165, 1.54) is 0 Å². The second-order valence-electron chi connectivity index (χ2n) is 5.51. The predicted molar refractivity (Wildman–Crippen MR) is 93.0 cm³/mol. The molecule has 0 aliphatic rings. The van der Waals surface area contributed by atoms with E-state index in [0.717, 1.165) is 25.7 Å². The van der Waals surface area contributed by atoms with Crippen LogP contribution in [0.4, 0.5) is 0 Å². The van der Waals surface area contributed by atoms with Gasteiger partial charge in [-0.2, -0.15) is 0 Å².